The molecule has 1 N–H and O–H groups in total. The minimum absolute atomic E-state index is 0.192. The average Bonchev–Trinajstić information content (AvgIpc) is 2.79. The summed E-state index contributed by atoms with van der Waals surface area (Å²) in [5.41, 5.74) is 2.06. The number of anilines is 1. The second-order valence-corrected chi connectivity index (χ2v) is 5.88. The summed E-state index contributed by atoms with van der Waals surface area (Å²) >= 11 is 0. The van der Waals surface area contributed by atoms with Gasteiger partial charge < -0.3 is 14.5 Å². The smallest absolute Gasteiger partial charge is 0.342 e. The normalized spacial score (nSPS) is 11.7. The summed E-state index contributed by atoms with van der Waals surface area (Å²) in [4.78, 5) is 35.8. The van der Waals surface area contributed by atoms with Crippen LogP contribution in [0.1, 0.15) is 51.6 Å². The number of Topliss-reactive ketones (excluding diaryl/α,β-unsaturated/α-hetero) is 1. The van der Waals surface area contributed by atoms with Gasteiger partial charge in [0.25, 0.3) is 0 Å². The fourth-order valence-corrected chi connectivity index (χ4v) is 2.52. The molecule has 1 aromatic carbocycles. The summed E-state index contributed by atoms with van der Waals surface area (Å²) in [5.74, 6) is 0.0274. The van der Waals surface area contributed by atoms with Crippen LogP contribution in [0.2, 0.25) is 0 Å². The van der Waals surface area contributed by atoms with Crippen LogP contribution in [0.4, 0.5) is 5.69 Å². The summed E-state index contributed by atoms with van der Waals surface area (Å²) in [6, 6.07) is 6.40. The van der Waals surface area contributed by atoms with Crippen LogP contribution in [0.15, 0.2) is 28.7 Å². The second-order valence-electron chi connectivity index (χ2n) is 5.88. The van der Waals surface area contributed by atoms with E-state index >= 15 is 0 Å². The molecule has 1 unspecified atom stereocenters. The Morgan fingerprint density at radius 2 is 1.64 bits per heavy atom. The van der Waals surface area contributed by atoms with Crippen molar-refractivity contribution in [1.29, 1.82) is 0 Å². The zero-order valence-electron chi connectivity index (χ0n) is 14.9. The molecule has 25 heavy (non-hydrogen) atoms. The van der Waals surface area contributed by atoms with Gasteiger partial charge in [0, 0.05) is 23.7 Å². The van der Waals surface area contributed by atoms with E-state index in [1.165, 1.54) is 13.8 Å². The van der Waals surface area contributed by atoms with Gasteiger partial charge in [-0.15, -0.1) is 0 Å². The Hall–Kier alpha value is -2.89. The van der Waals surface area contributed by atoms with Gasteiger partial charge in [-0.3, -0.25) is 9.59 Å². The van der Waals surface area contributed by atoms with Crippen LogP contribution in [0, 0.1) is 20.8 Å². The van der Waals surface area contributed by atoms with Crippen LogP contribution in [-0.2, 0) is 9.53 Å². The van der Waals surface area contributed by atoms with E-state index in [0.717, 1.165) is 0 Å². The molecule has 1 atom stereocenters. The van der Waals surface area contributed by atoms with Gasteiger partial charge in [0.05, 0.1) is 0 Å². The molecular weight excluding hydrogens is 322 g/mol. The van der Waals surface area contributed by atoms with Crippen molar-refractivity contribution in [3.05, 3.63) is 52.5 Å². The Bertz CT molecular complexity index is 817. The van der Waals surface area contributed by atoms with E-state index in [2.05, 4.69) is 5.32 Å². The molecule has 0 saturated heterocycles. The fourth-order valence-electron chi connectivity index (χ4n) is 2.52. The molecule has 0 aliphatic carbocycles. The minimum Gasteiger partial charge on any atom is -0.465 e. The number of ether oxygens (including phenoxy) is 1. The van der Waals surface area contributed by atoms with Crippen molar-refractivity contribution in [2.45, 2.75) is 40.7 Å². The molecule has 0 aliphatic rings. The number of carbonyl (C=O) groups excluding carboxylic acids is 3. The minimum atomic E-state index is -0.937. The molecule has 2 aromatic rings. The van der Waals surface area contributed by atoms with Crippen LogP contribution in [-0.4, -0.2) is 23.8 Å². The maximum atomic E-state index is 12.4. The van der Waals surface area contributed by atoms with Crippen molar-refractivity contribution in [3.63, 3.8) is 0 Å². The molecule has 132 valence electrons. The van der Waals surface area contributed by atoms with Gasteiger partial charge in [0.15, 0.2) is 6.10 Å². The number of benzene rings is 1. The number of furan rings is 1. The Morgan fingerprint density at radius 3 is 2.12 bits per heavy atom. The molecule has 6 nitrogen and oxygen atoms in total. The summed E-state index contributed by atoms with van der Waals surface area (Å²) in [5, 5.41) is 2.62. The van der Waals surface area contributed by atoms with E-state index < -0.39 is 12.1 Å². The van der Waals surface area contributed by atoms with Gasteiger partial charge >= 0.3 is 5.97 Å². The lowest BCUT2D eigenvalue weighted by Gasteiger charge is -2.13. The third kappa shape index (κ3) is 4.15. The number of carbonyl (C=O) groups is 3. The molecule has 0 aliphatic heterocycles. The third-order valence-corrected chi connectivity index (χ3v) is 3.91. The topological polar surface area (TPSA) is 85.6 Å². The maximum Gasteiger partial charge on any atom is 0.342 e. The van der Waals surface area contributed by atoms with E-state index in [4.69, 9.17) is 9.15 Å². The highest BCUT2D eigenvalue weighted by atomic mass is 16.5. The Kier molecular flexibility index (Phi) is 5.41. The molecule has 2 rings (SSSR count). The van der Waals surface area contributed by atoms with Gasteiger partial charge in [0.2, 0.25) is 11.7 Å². The predicted octanol–water partition coefficient (Wildman–Crippen LogP) is 3.59. The molecule has 0 saturated carbocycles. The van der Waals surface area contributed by atoms with Crippen molar-refractivity contribution < 1.29 is 23.5 Å². The Labute approximate surface area is 146 Å². The van der Waals surface area contributed by atoms with Gasteiger partial charge in [-0.2, -0.15) is 0 Å². The lowest BCUT2D eigenvalue weighted by molar-refractivity contribution is -0.114. The quantitative estimate of drug-likeness (QED) is 0.662. The molecule has 1 aromatic heterocycles. The number of ketones is 1. The standard InChI is InChI=1S/C19H21NO5/c1-10-11(2)24-12(3)17(10)19(23)25-13(4)18(22)15-6-8-16(9-7-15)20-14(5)21/h6-9,13H,1-5H3,(H,20,21). The van der Waals surface area contributed by atoms with Crippen LogP contribution in [0.3, 0.4) is 0 Å². The highest BCUT2D eigenvalue weighted by Gasteiger charge is 2.25. The summed E-state index contributed by atoms with van der Waals surface area (Å²) in [6.07, 6.45) is -0.937. The summed E-state index contributed by atoms with van der Waals surface area (Å²) in [7, 11) is 0. The van der Waals surface area contributed by atoms with Crippen LogP contribution in [0.5, 0.6) is 0 Å². The molecule has 0 bridgehead atoms. The lowest BCUT2D eigenvalue weighted by atomic mass is 10.1. The van der Waals surface area contributed by atoms with Gasteiger partial charge in [-0.05, 0) is 52.0 Å². The van der Waals surface area contributed by atoms with Crippen molar-refractivity contribution in [2.24, 2.45) is 0 Å². The number of nitrogens with one attached hydrogen (secondary N) is 1. The van der Waals surface area contributed by atoms with Crippen molar-refractivity contribution in [3.8, 4) is 0 Å². The second kappa shape index (κ2) is 7.34. The third-order valence-electron chi connectivity index (χ3n) is 3.91. The molecule has 1 heterocycles. The van der Waals surface area contributed by atoms with Gasteiger partial charge in [-0.1, -0.05) is 0 Å². The highest BCUT2D eigenvalue weighted by Crippen LogP contribution is 2.22. The van der Waals surface area contributed by atoms with Crippen LogP contribution < -0.4 is 5.32 Å². The van der Waals surface area contributed by atoms with E-state index in [9.17, 15) is 14.4 Å². The number of hydrogen-bond acceptors (Lipinski definition) is 5. The zero-order valence-corrected chi connectivity index (χ0v) is 14.9. The average molecular weight is 343 g/mol. The first kappa shape index (κ1) is 18.4. The van der Waals surface area contributed by atoms with Crippen molar-refractivity contribution in [1.82, 2.24) is 0 Å². The SMILES string of the molecule is CC(=O)Nc1ccc(C(=O)C(C)OC(=O)c2c(C)oc(C)c2C)cc1. The maximum absolute atomic E-state index is 12.4. The van der Waals surface area contributed by atoms with Crippen LogP contribution in [0.25, 0.3) is 0 Å². The number of rotatable bonds is 5. The number of amides is 1. The monoisotopic (exact) mass is 343 g/mol. The first-order valence-electron chi connectivity index (χ1n) is 7.90. The highest BCUT2D eigenvalue weighted by molar-refractivity contribution is 6.02. The van der Waals surface area contributed by atoms with Gasteiger partial charge in [0.1, 0.15) is 17.1 Å². The van der Waals surface area contributed by atoms with Crippen LogP contribution >= 0.6 is 0 Å². The largest absolute Gasteiger partial charge is 0.465 e. The number of aryl methyl sites for hydroxylation is 2. The molecule has 0 radical (unpaired) electrons. The fraction of sp³-hybridized carbons (Fsp3) is 0.316. The Balaban J connectivity index is 2.09. The predicted molar refractivity (Wildman–Crippen MR) is 92.9 cm³/mol. The van der Waals surface area contributed by atoms with Crippen molar-refractivity contribution in [2.75, 3.05) is 5.32 Å². The first-order chi connectivity index (χ1) is 11.7. The first-order valence-corrected chi connectivity index (χ1v) is 7.90. The summed E-state index contributed by atoms with van der Waals surface area (Å²) < 4.78 is 10.7. The van der Waals surface area contributed by atoms with E-state index in [1.54, 1.807) is 45.0 Å². The van der Waals surface area contributed by atoms with Gasteiger partial charge in [-0.25, -0.2) is 4.79 Å². The van der Waals surface area contributed by atoms with Crippen molar-refractivity contribution >= 4 is 23.3 Å². The Morgan fingerprint density at radius 1 is 1.04 bits per heavy atom. The molecule has 6 heteroatoms. The number of esters is 1. The van der Waals surface area contributed by atoms with E-state index in [0.29, 0.717) is 33.9 Å². The zero-order chi connectivity index (χ0) is 18.7. The van der Waals surface area contributed by atoms with E-state index in [-0.39, 0.29) is 11.7 Å². The molecular formula is C19H21NO5. The molecule has 1 amide bonds. The van der Waals surface area contributed by atoms with E-state index in [1.807, 2.05) is 0 Å². The number of hydrogen-bond donors (Lipinski definition) is 1. The lowest BCUT2D eigenvalue weighted by Crippen LogP contribution is -2.25. The summed E-state index contributed by atoms with van der Waals surface area (Å²) in [6.45, 7) is 8.16. The molecule has 0 fully saturated rings. The molecule has 0 spiro atoms.